The summed E-state index contributed by atoms with van der Waals surface area (Å²) in [5, 5.41) is 8.17. The van der Waals surface area contributed by atoms with Gasteiger partial charge in [0, 0.05) is 49.9 Å². The molecule has 3 fully saturated rings. The molecular formula is C36H40BrN9O3. The van der Waals surface area contributed by atoms with Crippen molar-refractivity contribution < 1.29 is 14.4 Å². The van der Waals surface area contributed by atoms with E-state index in [-0.39, 0.29) is 41.8 Å². The molecule has 4 aromatic rings. The molecule has 0 unspecified atom stereocenters. The quantitative estimate of drug-likeness (QED) is 0.143. The third kappa shape index (κ3) is 6.53. The van der Waals surface area contributed by atoms with Crippen LogP contribution >= 0.6 is 15.9 Å². The number of likely N-dealkylation sites (tertiary alicyclic amines) is 2. The minimum atomic E-state index is -0.747. The average Bonchev–Trinajstić information content (AvgIpc) is 3.85. The third-order valence-corrected chi connectivity index (χ3v) is 10.9. The number of hydrogen-bond donors (Lipinski definition) is 1. The number of carbonyl (C=O) groups is 3. The van der Waals surface area contributed by atoms with Gasteiger partial charge in [0.15, 0.2) is 5.78 Å². The van der Waals surface area contributed by atoms with Crippen LogP contribution in [0.25, 0.3) is 22.2 Å². The predicted molar refractivity (Wildman–Crippen MR) is 189 cm³/mol. The Hall–Kier alpha value is -4.36. The number of carbonyl (C=O) groups excluding carboxylic acids is 3. The van der Waals surface area contributed by atoms with Crippen molar-refractivity contribution in [2.75, 3.05) is 25.0 Å². The maximum atomic E-state index is 14.4. The Morgan fingerprint density at radius 3 is 2.49 bits per heavy atom. The third-order valence-electron chi connectivity index (χ3n) is 10.4. The van der Waals surface area contributed by atoms with Gasteiger partial charge in [-0.1, -0.05) is 18.6 Å². The van der Waals surface area contributed by atoms with Crippen LogP contribution in [0.15, 0.2) is 54.0 Å². The first-order valence-electron chi connectivity index (χ1n) is 16.9. The number of pyridine rings is 2. The molecule has 12 nitrogen and oxygen atoms in total. The molecule has 5 atom stereocenters. The highest BCUT2D eigenvalue weighted by Crippen LogP contribution is 2.40. The Kier molecular flexibility index (Phi) is 9.14. The van der Waals surface area contributed by atoms with Crippen molar-refractivity contribution in [3.8, 4) is 11.3 Å². The second kappa shape index (κ2) is 13.5. The minimum absolute atomic E-state index is 0.0238. The van der Waals surface area contributed by atoms with Gasteiger partial charge in [0.25, 0.3) is 0 Å². The summed E-state index contributed by atoms with van der Waals surface area (Å²) < 4.78 is 2.12. The van der Waals surface area contributed by atoms with Gasteiger partial charge in [0.05, 0.1) is 23.4 Å². The van der Waals surface area contributed by atoms with Crippen LogP contribution in [0.4, 0.5) is 5.82 Å². The minimum Gasteiger partial charge on any atom is -0.322 e. The molecule has 254 valence electrons. The van der Waals surface area contributed by atoms with E-state index in [2.05, 4.69) is 57.8 Å². The van der Waals surface area contributed by atoms with E-state index in [1.165, 1.54) is 30.9 Å². The van der Waals surface area contributed by atoms with E-state index in [4.69, 9.17) is 0 Å². The Bertz CT molecular complexity index is 1930. The van der Waals surface area contributed by atoms with Crippen LogP contribution in [0, 0.1) is 31.6 Å². The molecule has 2 aliphatic heterocycles. The normalized spacial score (nSPS) is 23.6. The van der Waals surface area contributed by atoms with E-state index in [1.807, 2.05) is 19.1 Å². The molecule has 0 spiro atoms. The fourth-order valence-electron chi connectivity index (χ4n) is 8.03. The summed E-state index contributed by atoms with van der Waals surface area (Å²) >= 11 is 3.40. The van der Waals surface area contributed by atoms with Crippen LogP contribution in [-0.4, -0.2) is 88.8 Å². The summed E-state index contributed by atoms with van der Waals surface area (Å²) in [6, 6.07) is 4.37. The Morgan fingerprint density at radius 1 is 1.06 bits per heavy atom. The molecule has 0 aromatic carbocycles. The van der Waals surface area contributed by atoms with Crippen molar-refractivity contribution >= 4 is 50.2 Å². The zero-order valence-electron chi connectivity index (χ0n) is 28.0. The number of halogens is 1. The predicted octanol–water partition coefficient (Wildman–Crippen LogP) is 5.01. The highest BCUT2D eigenvalue weighted by molar-refractivity contribution is 9.10. The Labute approximate surface area is 293 Å². The molecule has 6 heterocycles. The monoisotopic (exact) mass is 725 g/mol. The fourth-order valence-corrected chi connectivity index (χ4v) is 8.34. The van der Waals surface area contributed by atoms with E-state index in [0.29, 0.717) is 44.8 Å². The van der Waals surface area contributed by atoms with Crippen molar-refractivity contribution in [1.29, 1.82) is 0 Å². The summed E-state index contributed by atoms with van der Waals surface area (Å²) in [7, 11) is 0. The van der Waals surface area contributed by atoms with E-state index in [0.717, 1.165) is 37.0 Å². The van der Waals surface area contributed by atoms with Crippen LogP contribution in [0.1, 0.15) is 54.5 Å². The summed E-state index contributed by atoms with van der Waals surface area (Å²) in [5.74, 6) is 1.77. The number of aryl methyl sites for hydroxylation is 2. The molecule has 1 aliphatic carbocycles. The van der Waals surface area contributed by atoms with E-state index in [1.54, 1.807) is 42.6 Å². The van der Waals surface area contributed by atoms with Crippen LogP contribution in [-0.2, 0) is 16.1 Å². The molecular weight excluding hydrogens is 686 g/mol. The number of ketones is 1. The van der Waals surface area contributed by atoms with Crippen molar-refractivity contribution in [2.24, 2.45) is 17.8 Å². The van der Waals surface area contributed by atoms with Crippen LogP contribution in [0.5, 0.6) is 0 Å². The van der Waals surface area contributed by atoms with Crippen LogP contribution in [0.2, 0.25) is 0 Å². The van der Waals surface area contributed by atoms with Crippen molar-refractivity contribution in [3.63, 3.8) is 0 Å². The number of nitrogens with one attached hydrogen (secondary N) is 1. The molecule has 0 radical (unpaired) electrons. The lowest BCUT2D eigenvalue weighted by molar-refractivity contribution is -0.138. The van der Waals surface area contributed by atoms with Gasteiger partial charge in [-0.3, -0.25) is 24.0 Å². The number of aromatic nitrogens is 6. The van der Waals surface area contributed by atoms with Crippen molar-refractivity contribution in [1.82, 2.24) is 39.5 Å². The molecule has 7 rings (SSSR count). The van der Waals surface area contributed by atoms with Gasteiger partial charge in [-0.25, -0.2) is 15.0 Å². The first kappa shape index (κ1) is 33.2. The molecule has 4 aromatic heterocycles. The van der Waals surface area contributed by atoms with Gasteiger partial charge < -0.3 is 15.1 Å². The highest BCUT2D eigenvalue weighted by Gasteiger charge is 2.47. The molecule has 2 saturated heterocycles. The molecule has 2 amide bonds. The lowest BCUT2D eigenvalue weighted by Gasteiger charge is -2.30. The number of nitrogens with zero attached hydrogens (tertiary/aromatic N) is 8. The van der Waals surface area contributed by atoms with Gasteiger partial charge in [0.2, 0.25) is 11.8 Å². The number of hydrogen-bond acceptors (Lipinski definition) is 9. The molecule has 3 aliphatic rings. The van der Waals surface area contributed by atoms with Crippen LogP contribution in [0.3, 0.4) is 0 Å². The molecule has 13 heteroatoms. The topological polar surface area (TPSA) is 139 Å². The molecule has 1 N–H and O–H groups in total. The zero-order chi connectivity index (χ0) is 34.4. The summed E-state index contributed by atoms with van der Waals surface area (Å²) in [5.41, 5.74) is 2.89. The number of anilines is 1. The molecule has 49 heavy (non-hydrogen) atoms. The fraction of sp³-hybridized carbons (Fsp3) is 0.444. The number of rotatable bonds is 9. The second-order valence-corrected chi connectivity index (χ2v) is 14.5. The maximum absolute atomic E-state index is 14.4. The van der Waals surface area contributed by atoms with Gasteiger partial charge in [-0.05, 0) is 84.5 Å². The smallest absolute Gasteiger partial charge is 0.248 e. The number of Topliss-reactive ketones (excluding diaryl/α,β-unsaturated/α-hetero) is 1. The van der Waals surface area contributed by atoms with E-state index < -0.39 is 6.04 Å². The van der Waals surface area contributed by atoms with E-state index >= 15 is 0 Å². The van der Waals surface area contributed by atoms with Crippen LogP contribution < -0.4 is 5.32 Å². The Balaban J connectivity index is 1.19. The highest BCUT2D eigenvalue weighted by atomic mass is 79.9. The number of amides is 2. The van der Waals surface area contributed by atoms with Crippen molar-refractivity contribution in [2.45, 2.75) is 65.1 Å². The average molecular weight is 727 g/mol. The largest absolute Gasteiger partial charge is 0.322 e. The van der Waals surface area contributed by atoms with Crippen molar-refractivity contribution in [3.05, 3.63) is 71.1 Å². The van der Waals surface area contributed by atoms with Gasteiger partial charge in [0.1, 0.15) is 34.5 Å². The molecule has 1 saturated carbocycles. The van der Waals surface area contributed by atoms with Gasteiger partial charge in [-0.15, -0.1) is 6.58 Å². The van der Waals surface area contributed by atoms with E-state index in [9.17, 15) is 14.4 Å². The summed E-state index contributed by atoms with van der Waals surface area (Å²) in [6.45, 7) is 12.0. The van der Waals surface area contributed by atoms with Gasteiger partial charge >= 0.3 is 0 Å². The van der Waals surface area contributed by atoms with Gasteiger partial charge in [-0.2, -0.15) is 5.10 Å². The maximum Gasteiger partial charge on any atom is 0.248 e. The molecule has 0 bridgehead atoms. The standard InChI is InChI=1S/C36H40BrN9O3/c1-5-29-25(18-44-16-23-7-6-8-24(23)17-44)11-30(36(49)42-35-20(2)9-10-32(37)41-35)46(29)33(48)19-45-31-15-40-28(26-13-38-22(4)39-14-26)12-27(31)34(43-45)21(3)47/h5,9-10,12-15,23-25,29-30H,1,6-8,11,16-19H2,2-4H3,(H,41,42,49)/t23-,24+,25-,29-,30+/m1/s1. The first-order chi connectivity index (χ1) is 23.6. The second-order valence-electron chi connectivity index (χ2n) is 13.7. The summed E-state index contributed by atoms with van der Waals surface area (Å²) in [4.78, 5) is 63.0. The SMILES string of the molecule is C=C[C@@H]1[C@@H](CN2C[C@H]3CCC[C@H]3C2)C[C@@H](C(=O)Nc2nc(Br)ccc2C)N1C(=O)Cn1nc(C(C)=O)c2cc(-c3cnc(C)nc3)ncc21. The lowest BCUT2D eigenvalue weighted by atomic mass is 9.98. The number of fused-ring (bicyclic) bond motifs is 2. The first-order valence-corrected chi connectivity index (χ1v) is 17.7. The lowest BCUT2D eigenvalue weighted by Crippen LogP contribution is -2.48. The Morgan fingerprint density at radius 2 is 1.80 bits per heavy atom. The zero-order valence-corrected chi connectivity index (χ0v) is 29.6. The summed E-state index contributed by atoms with van der Waals surface area (Å²) in [6.07, 6.45) is 11.1.